The van der Waals surface area contributed by atoms with Crippen molar-refractivity contribution in [1.82, 2.24) is 0 Å². The van der Waals surface area contributed by atoms with E-state index in [-0.39, 0.29) is 91.4 Å². The van der Waals surface area contributed by atoms with Gasteiger partial charge in [0.2, 0.25) is 0 Å². The summed E-state index contributed by atoms with van der Waals surface area (Å²) in [5, 5.41) is 1.54. The highest BCUT2D eigenvalue weighted by Crippen LogP contribution is 2.57. The largest absolute Gasteiger partial charge is 0.459 e. The molecule has 13 aromatic carbocycles. The number of hydrogen-bond acceptors (Lipinski definition) is 5. The molecule has 0 radical (unpaired) electrons. The molecule has 0 unspecified atom stereocenters. The Balaban J connectivity index is 1.12. The van der Waals surface area contributed by atoms with Crippen molar-refractivity contribution in [3.8, 4) is 78.6 Å². The highest BCUT2D eigenvalue weighted by Gasteiger charge is 2.51. The average Bonchev–Trinajstić information content (AvgIpc) is 1.35. The number of fused-ring (bicyclic) bond motifs is 12. The number of benzene rings is 13. The standard InChI is InChI=1S/C90H72B2N2O3/c1-88(2,3)60-48-66(55-29-14-10-15-30-55)84(67(49-60)56-31-16-11-17-32-56)93-73-46-45-59(63-38-28-39-65-64-37-22-25-42-77(64)96-86(63)65)47-72(73)92-81-74(93)52-62(90(7,8)9)53-75(81)94(85-68(57-33-18-12-19-34-57)50-61(89(4,5)6)51-69(85)58-35-20-13-21-36-58)76-54-80-83-87(82(76)92)97-79-44-27-24-41-71(79)91(83)70-40-23-26-43-78(70)95-80/h10-54H,1-9H3/i23D,24D,26D,27D,40D,41D,43D,44D,45D,46D,47D,54D. The molecular weight excluding hydrogens is 1180 g/mol. The molecule has 14 aromatic rings. The molecule has 0 atom stereocenters. The molecule has 1 aromatic heterocycles. The number of hydrogen-bond donors (Lipinski definition) is 0. The van der Waals surface area contributed by atoms with Gasteiger partial charge in [-0.3, -0.25) is 0 Å². The van der Waals surface area contributed by atoms with Crippen LogP contribution in [0.5, 0.6) is 23.0 Å². The minimum atomic E-state index is -1.50. The van der Waals surface area contributed by atoms with Crippen LogP contribution in [0.1, 0.15) is 95.5 Å². The first-order valence-corrected chi connectivity index (χ1v) is 33.2. The molecule has 0 saturated carbocycles. The van der Waals surface area contributed by atoms with Crippen molar-refractivity contribution >= 4 is 102 Å². The number of nitrogens with zero attached hydrogens (tertiary/aromatic N) is 2. The summed E-state index contributed by atoms with van der Waals surface area (Å²) in [6.07, 6.45) is 0. The fourth-order valence-electron chi connectivity index (χ4n) is 15.0. The number of anilines is 6. The maximum absolute atomic E-state index is 11.7. The molecular formula is C90H72B2N2O3. The zero-order valence-electron chi connectivity index (χ0n) is 67.3. The number of furan rings is 1. The molecule has 0 fully saturated rings. The molecule has 4 aliphatic heterocycles. The lowest BCUT2D eigenvalue weighted by molar-refractivity contribution is 0.467. The third-order valence-electron chi connectivity index (χ3n) is 19.9. The van der Waals surface area contributed by atoms with Gasteiger partial charge in [-0.1, -0.05) is 268 Å². The van der Waals surface area contributed by atoms with E-state index in [0.717, 1.165) is 72.0 Å². The van der Waals surface area contributed by atoms with Crippen LogP contribution < -0.4 is 52.1 Å². The predicted molar refractivity (Wildman–Crippen MR) is 409 cm³/mol. The smallest absolute Gasteiger partial charge is 0.260 e. The lowest BCUT2D eigenvalue weighted by atomic mass is 9.30. The Morgan fingerprint density at radius 2 is 0.794 bits per heavy atom. The van der Waals surface area contributed by atoms with Crippen LogP contribution in [-0.2, 0) is 16.2 Å². The first kappa shape index (κ1) is 47.0. The summed E-state index contributed by atoms with van der Waals surface area (Å²) in [7, 11) is 0. The zero-order chi connectivity index (χ0) is 76.2. The van der Waals surface area contributed by atoms with Crippen LogP contribution >= 0.6 is 0 Å². The molecule has 97 heavy (non-hydrogen) atoms. The average molecular weight is 1260 g/mol. The van der Waals surface area contributed by atoms with E-state index in [9.17, 15) is 16.4 Å². The minimum absolute atomic E-state index is 0.0485. The summed E-state index contributed by atoms with van der Waals surface area (Å²) in [6.45, 7) is 16.7. The van der Waals surface area contributed by atoms with Gasteiger partial charge in [0.25, 0.3) is 13.4 Å². The summed E-state index contributed by atoms with van der Waals surface area (Å²) in [4.78, 5) is 4.24. The molecule has 5 heterocycles. The van der Waals surface area contributed by atoms with Crippen molar-refractivity contribution in [2.24, 2.45) is 0 Å². The second-order valence-corrected chi connectivity index (χ2v) is 29.0. The quantitative estimate of drug-likeness (QED) is 0.149. The topological polar surface area (TPSA) is 38.1 Å². The van der Waals surface area contributed by atoms with Gasteiger partial charge in [-0.05, 0) is 149 Å². The highest BCUT2D eigenvalue weighted by molar-refractivity contribution is 7.03. The van der Waals surface area contributed by atoms with Gasteiger partial charge in [0.15, 0.2) is 0 Å². The van der Waals surface area contributed by atoms with Crippen LogP contribution in [0.15, 0.2) is 277 Å². The predicted octanol–water partition coefficient (Wildman–Crippen LogP) is 20.6. The Bertz CT molecular complexity index is 6150. The minimum Gasteiger partial charge on any atom is -0.459 e. The van der Waals surface area contributed by atoms with Gasteiger partial charge in [0.05, 0.1) is 27.8 Å². The van der Waals surface area contributed by atoms with E-state index >= 15 is 0 Å². The molecule has 4 aliphatic rings. The Morgan fingerprint density at radius 3 is 1.31 bits per heavy atom. The van der Waals surface area contributed by atoms with Gasteiger partial charge in [0, 0.05) is 72.8 Å². The van der Waals surface area contributed by atoms with Crippen LogP contribution in [0.2, 0.25) is 0 Å². The van der Waals surface area contributed by atoms with Gasteiger partial charge >= 0.3 is 0 Å². The maximum Gasteiger partial charge on any atom is 0.260 e. The Morgan fingerprint density at radius 1 is 0.340 bits per heavy atom. The van der Waals surface area contributed by atoms with Crippen LogP contribution in [0.4, 0.5) is 34.1 Å². The van der Waals surface area contributed by atoms with Gasteiger partial charge < -0.3 is 23.7 Å². The Hall–Kier alpha value is -11.0. The third-order valence-corrected chi connectivity index (χ3v) is 19.9. The van der Waals surface area contributed by atoms with Crippen molar-refractivity contribution in [1.29, 1.82) is 0 Å². The molecule has 5 nitrogen and oxygen atoms in total. The summed E-state index contributed by atoms with van der Waals surface area (Å²) < 4.78 is 144. The van der Waals surface area contributed by atoms with Crippen molar-refractivity contribution in [3.05, 3.63) is 289 Å². The SMILES string of the molecule is [2H]c1c([2H])c([2H])c2c(c1[2H])Oc1c([2H])c3c(c4c1B2c1c([2H])c([2H])c([2H])c([2H])c1O4)B1c2c(cc(C(C)(C)C)cc2N3c2c(-c3ccccc3)cc(C(C)(C)C)cc2-c2ccccc2)N(c2c(-c3ccccc3)cc(C(C)(C)C)cc2-c2ccccc2)c2c([2H])c([2H])c(-c3cccc4c3oc3ccccc34)c([2H])c21. The van der Waals surface area contributed by atoms with E-state index in [1.165, 1.54) is 0 Å². The molecule has 0 aliphatic carbocycles. The van der Waals surface area contributed by atoms with Gasteiger partial charge in [0.1, 0.15) is 34.2 Å². The first-order chi connectivity index (χ1) is 52.0. The van der Waals surface area contributed by atoms with Gasteiger partial charge in [-0.25, -0.2) is 0 Å². The highest BCUT2D eigenvalue weighted by atomic mass is 16.5. The molecule has 0 N–H and O–H groups in total. The maximum atomic E-state index is 11.7. The number of rotatable bonds is 7. The first-order valence-electron chi connectivity index (χ1n) is 39.2. The summed E-state index contributed by atoms with van der Waals surface area (Å²) in [5.41, 5.74) is 12.7. The van der Waals surface area contributed by atoms with E-state index in [1.807, 2.05) is 115 Å². The molecule has 18 rings (SSSR count). The lowest BCUT2D eigenvalue weighted by Crippen LogP contribution is -2.65. The van der Waals surface area contributed by atoms with Crippen LogP contribution in [0, 0.1) is 0 Å². The molecule has 0 spiro atoms. The number of para-hydroxylation sites is 4. The van der Waals surface area contributed by atoms with Gasteiger partial charge in [-0.2, -0.15) is 0 Å². The van der Waals surface area contributed by atoms with E-state index in [0.29, 0.717) is 44.9 Å². The normalized spacial score (nSPS) is 15.2. The van der Waals surface area contributed by atoms with Crippen LogP contribution in [0.3, 0.4) is 0 Å². The summed E-state index contributed by atoms with van der Waals surface area (Å²) >= 11 is 0. The van der Waals surface area contributed by atoms with Gasteiger partial charge in [-0.15, -0.1) is 0 Å². The van der Waals surface area contributed by atoms with Crippen LogP contribution in [-0.4, -0.2) is 13.4 Å². The van der Waals surface area contributed by atoms with Crippen molar-refractivity contribution in [3.63, 3.8) is 0 Å². The molecule has 0 amide bonds. The van der Waals surface area contributed by atoms with Crippen molar-refractivity contribution in [2.75, 3.05) is 9.80 Å². The molecule has 0 bridgehead atoms. The van der Waals surface area contributed by atoms with Crippen molar-refractivity contribution in [2.45, 2.75) is 78.6 Å². The Kier molecular flexibility index (Phi) is 10.5. The monoisotopic (exact) mass is 1260 g/mol. The van der Waals surface area contributed by atoms with E-state index in [4.69, 9.17) is 13.9 Å². The molecule has 0 saturated heterocycles. The fourth-order valence-corrected chi connectivity index (χ4v) is 15.0. The second-order valence-electron chi connectivity index (χ2n) is 29.0. The summed E-state index contributed by atoms with van der Waals surface area (Å²) in [6, 6.07) is 61.5. The molecule has 7 heteroatoms. The number of ether oxygens (including phenoxy) is 2. The van der Waals surface area contributed by atoms with Crippen molar-refractivity contribution < 1.29 is 30.3 Å². The van der Waals surface area contributed by atoms with E-state index < -0.39 is 78.0 Å². The second kappa shape index (κ2) is 21.8. The lowest BCUT2D eigenvalue weighted by Gasteiger charge is -2.48. The third kappa shape index (κ3) is 9.29. The van der Waals surface area contributed by atoms with E-state index in [1.54, 1.807) is 0 Å². The summed E-state index contributed by atoms with van der Waals surface area (Å²) in [5.74, 6) is -0.881. The van der Waals surface area contributed by atoms with E-state index in [2.05, 4.69) is 157 Å². The zero-order valence-corrected chi connectivity index (χ0v) is 55.3. The fraction of sp³-hybridized carbons (Fsp3) is 0.133. The Labute approximate surface area is 586 Å². The molecule has 466 valence electrons. The van der Waals surface area contributed by atoms with Crippen LogP contribution in [0.25, 0.3) is 77.6 Å².